The van der Waals surface area contributed by atoms with Crippen LogP contribution in [0.3, 0.4) is 0 Å². The van der Waals surface area contributed by atoms with E-state index in [1.54, 1.807) is 30.5 Å². The third kappa shape index (κ3) is 2.05. The molecule has 26 heavy (non-hydrogen) atoms. The number of hydrogen-bond donors (Lipinski definition) is 4. The Labute approximate surface area is 148 Å². The van der Waals surface area contributed by atoms with Crippen molar-refractivity contribution in [3.8, 4) is 5.75 Å². The Morgan fingerprint density at radius 3 is 2.69 bits per heavy atom. The molecule has 3 heterocycles. The summed E-state index contributed by atoms with van der Waals surface area (Å²) < 4.78 is 0. The number of rotatable bonds is 2. The summed E-state index contributed by atoms with van der Waals surface area (Å²) in [5.74, 6) is -1.33. The lowest BCUT2D eigenvalue weighted by Crippen LogP contribution is -2.29. The van der Waals surface area contributed by atoms with Crippen molar-refractivity contribution in [2.24, 2.45) is 5.92 Å². The van der Waals surface area contributed by atoms with Gasteiger partial charge in [-0.05, 0) is 35.9 Å². The molecule has 2 amide bonds. The first-order chi connectivity index (χ1) is 12.6. The number of nitrogens with one attached hydrogen (secondary N) is 3. The van der Waals surface area contributed by atoms with Gasteiger partial charge in [0, 0.05) is 34.0 Å². The molecule has 128 valence electrons. The van der Waals surface area contributed by atoms with E-state index in [9.17, 15) is 14.7 Å². The van der Waals surface area contributed by atoms with Crippen LogP contribution in [-0.2, 0) is 9.59 Å². The molecule has 0 aliphatic carbocycles. The predicted molar refractivity (Wildman–Crippen MR) is 97.4 cm³/mol. The molecular formula is C20H15N3O3. The van der Waals surface area contributed by atoms with Crippen molar-refractivity contribution < 1.29 is 14.7 Å². The SMILES string of the molecule is O=C1NC(c2c[nH]c3ccc(O)cc23)=CC1C1C(=O)Nc2ccccc21. The van der Waals surface area contributed by atoms with Crippen LogP contribution in [0, 0.1) is 5.92 Å². The van der Waals surface area contributed by atoms with Crippen molar-refractivity contribution in [3.63, 3.8) is 0 Å². The summed E-state index contributed by atoms with van der Waals surface area (Å²) in [6.07, 6.45) is 3.60. The number of aromatic amines is 1. The fraction of sp³-hybridized carbons (Fsp3) is 0.100. The van der Waals surface area contributed by atoms with Crippen LogP contribution in [0.1, 0.15) is 17.0 Å². The van der Waals surface area contributed by atoms with Gasteiger partial charge in [-0.3, -0.25) is 9.59 Å². The van der Waals surface area contributed by atoms with Gasteiger partial charge in [0.15, 0.2) is 0 Å². The van der Waals surface area contributed by atoms with Crippen molar-refractivity contribution in [1.29, 1.82) is 0 Å². The molecule has 0 bridgehead atoms. The number of benzene rings is 2. The van der Waals surface area contributed by atoms with Gasteiger partial charge >= 0.3 is 0 Å². The maximum absolute atomic E-state index is 12.6. The van der Waals surface area contributed by atoms with Crippen molar-refractivity contribution in [2.75, 3.05) is 5.32 Å². The molecule has 2 aliphatic heterocycles. The topological polar surface area (TPSA) is 94.2 Å². The molecular weight excluding hydrogens is 330 g/mol. The quantitative estimate of drug-likeness (QED) is 0.575. The maximum Gasteiger partial charge on any atom is 0.233 e. The average Bonchev–Trinajstić information content (AvgIpc) is 3.28. The van der Waals surface area contributed by atoms with Crippen LogP contribution < -0.4 is 10.6 Å². The molecule has 2 atom stereocenters. The summed E-state index contributed by atoms with van der Waals surface area (Å²) in [4.78, 5) is 28.2. The Hall–Kier alpha value is -3.54. The number of anilines is 1. The van der Waals surface area contributed by atoms with Crippen LogP contribution >= 0.6 is 0 Å². The lowest BCUT2D eigenvalue weighted by atomic mass is 9.87. The molecule has 0 fully saturated rings. The summed E-state index contributed by atoms with van der Waals surface area (Å²) in [6.45, 7) is 0. The molecule has 0 spiro atoms. The molecule has 2 aliphatic rings. The monoisotopic (exact) mass is 345 g/mol. The van der Waals surface area contributed by atoms with Crippen molar-refractivity contribution in [3.05, 3.63) is 65.9 Å². The number of hydrogen-bond acceptors (Lipinski definition) is 3. The highest BCUT2D eigenvalue weighted by Gasteiger charge is 2.42. The second-order valence-electron chi connectivity index (χ2n) is 6.58. The predicted octanol–water partition coefficient (Wildman–Crippen LogP) is 2.70. The summed E-state index contributed by atoms with van der Waals surface area (Å²) >= 11 is 0. The van der Waals surface area contributed by atoms with E-state index in [4.69, 9.17) is 0 Å². The lowest BCUT2D eigenvalue weighted by Gasteiger charge is -2.12. The Balaban J connectivity index is 1.58. The molecule has 6 nitrogen and oxygen atoms in total. The van der Waals surface area contributed by atoms with Crippen molar-refractivity contribution in [2.45, 2.75) is 5.92 Å². The van der Waals surface area contributed by atoms with Gasteiger partial charge in [0.1, 0.15) is 5.75 Å². The van der Waals surface area contributed by atoms with E-state index in [1.165, 1.54) is 0 Å². The minimum absolute atomic E-state index is 0.156. The van der Waals surface area contributed by atoms with E-state index in [2.05, 4.69) is 15.6 Å². The van der Waals surface area contributed by atoms with Gasteiger partial charge in [-0.2, -0.15) is 0 Å². The van der Waals surface area contributed by atoms with Gasteiger partial charge in [-0.25, -0.2) is 0 Å². The zero-order chi connectivity index (χ0) is 17.8. The molecule has 0 saturated carbocycles. The summed E-state index contributed by atoms with van der Waals surface area (Å²) in [6, 6.07) is 12.5. The Morgan fingerprint density at radius 2 is 1.81 bits per heavy atom. The zero-order valence-electron chi connectivity index (χ0n) is 13.6. The first-order valence-corrected chi connectivity index (χ1v) is 8.35. The van der Waals surface area contributed by atoms with Crippen LogP contribution in [0.25, 0.3) is 16.6 Å². The van der Waals surface area contributed by atoms with Gasteiger partial charge in [0.05, 0.1) is 11.8 Å². The van der Waals surface area contributed by atoms with Gasteiger partial charge < -0.3 is 20.7 Å². The van der Waals surface area contributed by atoms with Crippen molar-refractivity contribution >= 4 is 34.1 Å². The molecule has 2 aromatic carbocycles. The van der Waals surface area contributed by atoms with Crippen LogP contribution in [0.4, 0.5) is 5.69 Å². The van der Waals surface area contributed by atoms with Gasteiger partial charge in [0.25, 0.3) is 0 Å². The highest BCUT2D eigenvalue weighted by molar-refractivity contribution is 6.09. The van der Waals surface area contributed by atoms with E-state index in [0.717, 1.165) is 27.7 Å². The number of phenolic OH excluding ortho intramolecular Hbond substituents is 1. The molecule has 0 radical (unpaired) electrons. The van der Waals surface area contributed by atoms with Gasteiger partial charge in [-0.1, -0.05) is 18.2 Å². The van der Waals surface area contributed by atoms with Crippen molar-refractivity contribution in [1.82, 2.24) is 10.3 Å². The third-order valence-electron chi connectivity index (χ3n) is 5.06. The molecule has 1 aromatic heterocycles. The minimum atomic E-state index is -0.573. The van der Waals surface area contributed by atoms with E-state index in [1.807, 2.05) is 24.3 Å². The van der Waals surface area contributed by atoms with Gasteiger partial charge in [-0.15, -0.1) is 0 Å². The molecule has 4 N–H and O–H groups in total. The largest absolute Gasteiger partial charge is 0.508 e. The standard InChI is InChI=1S/C20H15N3O3/c24-10-5-6-15-12(7-10)14(9-21-15)17-8-13(19(25)23-17)18-11-3-1-2-4-16(11)22-20(18)26/h1-9,13,18,21,24H,(H,22,26)(H,23,25). The van der Waals surface area contributed by atoms with Crippen LogP contribution in [-0.4, -0.2) is 21.9 Å². The zero-order valence-corrected chi connectivity index (χ0v) is 13.6. The van der Waals surface area contributed by atoms with Crippen LogP contribution in [0.15, 0.2) is 54.7 Å². The summed E-state index contributed by atoms with van der Waals surface area (Å²) in [5.41, 5.74) is 3.90. The number of phenols is 1. The Morgan fingerprint density at radius 1 is 0.962 bits per heavy atom. The van der Waals surface area contributed by atoms with Crippen LogP contribution in [0.5, 0.6) is 5.75 Å². The lowest BCUT2D eigenvalue weighted by molar-refractivity contribution is -0.126. The number of para-hydroxylation sites is 1. The Kier molecular flexibility index (Phi) is 2.97. The van der Waals surface area contributed by atoms with E-state index >= 15 is 0 Å². The molecule has 3 aromatic rings. The molecule has 5 rings (SSSR count). The van der Waals surface area contributed by atoms with E-state index in [0.29, 0.717) is 5.70 Å². The number of aromatic hydroxyl groups is 1. The second-order valence-corrected chi connectivity index (χ2v) is 6.58. The highest BCUT2D eigenvalue weighted by atomic mass is 16.3. The molecule has 6 heteroatoms. The van der Waals surface area contributed by atoms with E-state index < -0.39 is 11.8 Å². The second kappa shape index (κ2) is 5.23. The van der Waals surface area contributed by atoms with Crippen LogP contribution in [0.2, 0.25) is 0 Å². The molecule has 0 saturated heterocycles. The minimum Gasteiger partial charge on any atom is -0.508 e. The molecule has 2 unspecified atom stereocenters. The highest BCUT2D eigenvalue weighted by Crippen LogP contribution is 2.41. The first-order valence-electron chi connectivity index (χ1n) is 8.35. The number of H-pyrrole nitrogens is 1. The first kappa shape index (κ1) is 14.8. The fourth-order valence-corrected chi connectivity index (χ4v) is 3.84. The Bertz CT molecular complexity index is 1110. The normalized spacial score (nSPS) is 21.5. The smallest absolute Gasteiger partial charge is 0.233 e. The number of aromatic nitrogens is 1. The third-order valence-corrected chi connectivity index (χ3v) is 5.06. The van der Waals surface area contributed by atoms with E-state index in [-0.39, 0.29) is 17.6 Å². The summed E-state index contributed by atoms with van der Waals surface area (Å²) in [5, 5.41) is 16.3. The maximum atomic E-state index is 12.6. The number of fused-ring (bicyclic) bond motifs is 2. The summed E-state index contributed by atoms with van der Waals surface area (Å²) in [7, 11) is 0. The number of carbonyl (C=O) groups is 2. The average molecular weight is 345 g/mol. The fourth-order valence-electron chi connectivity index (χ4n) is 3.84. The van der Waals surface area contributed by atoms with Gasteiger partial charge in [0.2, 0.25) is 11.8 Å². The number of amides is 2. The number of carbonyl (C=O) groups excluding carboxylic acids is 2.